The van der Waals surface area contributed by atoms with Crippen molar-refractivity contribution in [3.63, 3.8) is 0 Å². The van der Waals surface area contributed by atoms with Crippen LogP contribution in [0.2, 0.25) is 0 Å². The minimum atomic E-state index is -0.169. The summed E-state index contributed by atoms with van der Waals surface area (Å²) in [6.07, 6.45) is 0.678. The lowest BCUT2D eigenvalue weighted by atomic mass is 10.1. The average molecular weight is 353 g/mol. The van der Waals surface area contributed by atoms with Gasteiger partial charge in [0.1, 0.15) is 5.75 Å². The number of carbonyl (C=O) groups excluding carboxylic acids is 1. The van der Waals surface area contributed by atoms with Gasteiger partial charge in [0, 0.05) is 0 Å². The number of hydrogen-bond donors (Lipinski definition) is 1. The van der Waals surface area contributed by atoms with Gasteiger partial charge >= 0.3 is 0 Å². The molecule has 0 aromatic heterocycles. The quantitative estimate of drug-likeness (QED) is 0.663. The van der Waals surface area contributed by atoms with Gasteiger partial charge < -0.3 is 10.1 Å². The van der Waals surface area contributed by atoms with Crippen LogP contribution in [0.15, 0.2) is 64.8 Å². The van der Waals surface area contributed by atoms with E-state index in [-0.39, 0.29) is 11.2 Å². The molecule has 6 heteroatoms. The Morgan fingerprint density at radius 3 is 2.56 bits per heavy atom. The highest BCUT2D eigenvalue weighted by Gasteiger charge is 2.30. The molecule has 5 nitrogen and oxygen atoms in total. The number of rotatable bonds is 5. The average Bonchev–Trinajstić information content (AvgIpc) is 3.00. The number of amides is 1. The molecule has 128 valence electrons. The maximum absolute atomic E-state index is 12.1. The van der Waals surface area contributed by atoms with Gasteiger partial charge in [-0.1, -0.05) is 42.1 Å². The lowest BCUT2D eigenvalue weighted by Crippen LogP contribution is -2.25. The van der Waals surface area contributed by atoms with Crippen molar-refractivity contribution < 1.29 is 9.53 Å². The number of amidine groups is 1. The predicted octanol–water partition coefficient (Wildman–Crippen LogP) is 3.25. The van der Waals surface area contributed by atoms with E-state index in [1.54, 1.807) is 7.11 Å². The zero-order valence-corrected chi connectivity index (χ0v) is 14.9. The summed E-state index contributed by atoms with van der Waals surface area (Å²) in [5.41, 5.74) is 2.87. The third-order valence-corrected chi connectivity index (χ3v) is 4.91. The maximum atomic E-state index is 12.1. The number of carbonyl (C=O) groups is 1. The third-order valence-electron chi connectivity index (χ3n) is 3.84. The molecule has 1 amide bonds. The van der Waals surface area contributed by atoms with Crippen LogP contribution in [0, 0.1) is 0 Å². The van der Waals surface area contributed by atoms with Crippen molar-refractivity contribution in [3.05, 3.63) is 65.7 Å². The number of thioether (sulfide) groups is 1. The van der Waals surface area contributed by atoms with E-state index in [0.29, 0.717) is 11.6 Å². The van der Waals surface area contributed by atoms with E-state index in [0.717, 1.165) is 22.6 Å². The van der Waals surface area contributed by atoms with Gasteiger partial charge in [0.05, 0.1) is 18.1 Å². The molecule has 2 aromatic rings. The molecule has 0 aliphatic carbocycles. The largest absolute Gasteiger partial charge is 0.497 e. The highest BCUT2D eigenvalue weighted by molar-refractivity contribution is 8.15. The molecule has 0 radical (unpaired) electrons. The van der Waals surface area contributed by atoms with Crippen LogP contribution in [0.3, 0.4) is 0 Å². The molecule has 1 saturated heterocycles. The Bertz CT molecular complexity index is 801. The normalized spacial score (nSPS) is 19.1. The Hall–Kier alpha value is -2.60. The summed E-state index contributed by atoms with van der Waals surface area (Å²) in [7, 11) is 1.63. The van der Waals surface area contributed by atoms with Crippen LogP contribution in [0.1, 0.15) is 18.1 Å². The Kier molecular flexibility index (Phi) is 5.50. The lowest BCUT2D eigenvalue weighted by molar-refractivity contribution is -0.118. The van der Waals surface area contributed by atoms with Gasteiger partial charge in [0.25, 0.3) is 0 Å². The van der Waals surface area contributed by atoms with Gasteiger partial charge in [-0.3, -0.25) is 4.79 Å². The van der Waals surface area contributed by atoms with E-state index >= 15 is 0 Å². The Morgan fingerprint density at radius 2 is 1.88 bits per heavy atom. The second-order valence-electron chi connectivity index (χ2n) is 5.60. The monoisotopic (exact) mass is 353 g/mol. The Balaban J connectivity index is 1.66. The molecular formula is C19H19N3O2S. The molecular weight excluding hydrogens is 334 g/mol. The standard InChI is InChI=1S/C19H19N3O2S/c1-13(15-8-10-16(24-2)11-9-15)21-22-19-20-18(23)17(25-19)12-14-6-4-3-5-7-14/h3-11,17H,12H2,1-2H3,(H,20,22,23). The smallest absolute Gasteiger partial charge is 0.239 e. The second kappa shape index (κ2) is 7.98. The second-order valence-corrected chi connectivity index (χ2v) is 6.80. The molecule has 1 aliphatic heterocycles. The van der Waals surface area contributed by atoms with Crippen LogP contribution in [0.4, 0.5) is 0 Å². The number of nitrogens with one attached hydrogen (secondary N) is 1. The third kappa shape index (κ3) is 4.48. The van der Waals surface area contributed by atoms with Crippen molar-refractivity contribution in [2.75, 3.05) is 7.11 Å². The Labute approximate surface area is 151 Å². The van der Waals surface area contributed by atoms with Crippen LogP contribution in [-0.2, 0) is 11.2 Å². The van der Waals surface area contributed by atoms with Crippen LogP contribution in [-0.4, -0.2) is 29.1 Å². The SMILES string of the molecule is COc1ccc(C(C)=N/N=C2\NC(=O)C(Cc3ccccc3)S2)cc1. The summed E-state index contributed by atoms with van der Waals surface area (Å²) in [5, 5.41) is 11.6. The van der Waals surface area contributed by atoms with Crippen LogP contribution in [0.25, 0.3) is 0 Å². The lowest BCUT2D eigenvalue weighted by Gasteiger charge is -2.04. The van der Waals surface area contributed by atoms with Gasteiger partial charge in [-0.15, -0.1) is 5.10 Å². The minimum absolute atomic E-state index is 0.0232. The van der Waals surface area contributed by atoms with Gasteiger partial charge in [0.2, 0.25) is 5.91 Å². The zero-order valence-electron chi connectivity index (χ0n) is 14.1. The van der Waals surface area contributed by atoms with Crippen molar-refractivity contribution in [2.24, 2.45) is 10.2 Å². The first-order valence-corrected chi connectivity index (χ1v) is 8.82. The number of methoxy groups -OCH3 is 1. The number of hydrogen-bond acceptors (Lipinski definition) is 5. The fraction of sp³-hybridized carbons (Fsp3) is 0.211. The fourth-order valence-corrected chi connectivity index (χ4v) is 3.38. The molecule has 3 rings (SSSR count). The Morgan fingerprint density at radius 1 is 1.16 bits per heavy atom. The summed E-state index contributed by atoms with van der Waals surface area (Å²) in [5.74, 6) is 0.773. The van der Waals surface area contributed by atoms with Gasteiger partial charge in [-0.25, -0.2) is 0 Å². The van der Waals surface area contributed by atoms with E-state index in [1.807, 2.05) is 61.5 Å². The van der Waals surface area contributed by atoms with E-state index in [2.05, 4.69) is 15.5 Å². The predicted molar refractivity (Wildman–Crippen MR) is 102 cm³/mol. The molecule has 1 unspecified atom stereocenters. The number of nitrogens with zero attached hydrogens (tertiary/aromatic N) is 2. The number of benzene rings is 2. The van der Waals surface area contributed by atoms with Crippen LogP contribution < -0.4 is 10.1 Å². The van der Waals surface area contributed by atoms with Crippen LogP contribution >= 0.6 is 11.8 Å². The summed E-state index contributed by atoms with van der Waals surface area (Å²) in [6, 6.07) is 17.6. The molecule has 1 N–H and O–H groups in total. The fourth-order valence-electron chi connectivity index (χ4n) is 2.43. The molecule has 0 bridgehead atoms. The van der Waals surface area contributed by atoms with Crippen LogP contribution in [0.5, 0.6) is 5.75 Å². The van der Waals surface area contributed by atoms with E-state index in [9.17, 15) is 4.79 Å². The van der Waals surface area contributed by atoms with Crippen molar-refractivity contribution in [2.45, 2.75) is 18.6 Å². The number of ether oxygens (including phenoxy) is 1. The van der Waals surface area contributed by atoms with Gasteiger partial charge in [-0.2, -0.15) is 5.10 Å². The van der Waals surface area contributed by atoms with E-state index < -0.39 is 0 Å². The van der Waals surface area contributed by atoms with E-state index in [1.165, 1.54) is 11.8 Å². The molecule has 1 atom stereocenters. The van der Waals surface area contributed by atoms with E-state index in [4.69, 9.17) is 4.74 Å². The van der Waals surface area contributed by atoms with Gasteiger partial charge in [0.15, 0.2) is 5.17 Å². The highest BCUT2D eigenvalue weighted by Crippen LogP contribution is 2.23. The minimum Gasteiger partial charge on any atom is -0.497 e. The van der Waals surface area contributed by atoms with Gasteiger partial charge in [-0.05, 0) is 48.7 Å². The summed E-state index contributed by atoms with van der Waals surface area (Å²) in [4.78, 5) is 12.1. The molecule has 25 heavy (non-hydrogen) atoms. The molecule has 2 aromatic carbocycles. The molecule has 1 fully saturated rings. The molecule has 0 saturated carbocycles. The highest BCUT2D eigenvalue weighted by atomic mass is 32.2. The first-order valence-electron chi connectivity index (χ1n) is 7.94. The summed E-state index contributed by atoms with van der Waals surface area (Å²) < 4.78 is 5.14. The summed E-state index contributed by atoms with van der Waals surface area (Å²) >= 11 is 1.42. The first-order chi connectivity index (χ1) is 12.2. The zero-order chi connectivity index (χ0) is 17.6. The van der Waals surface area contributed by atoms with Crippen molar-refractivity contribution in [1.82, 2.24) is 5.32 Å². The molecule has 1 aliphatic rings. The van der Waals surface area contributed by atoms with Crippen molar-refractivity contribution >= 4 is 28.5 Å². The first kappa shape index (κ1) is 17.2. The molecule has 1 heterocycles. The topological polar surface area (TPSA) is 63.1 Å². The van der Waals surface area contributed by atoms with Crippen molar-refractivity contribution in [1.29, 1.82) is 0 Å². The van der Waals surface area contributed by atoms with Crippen molar-refractivity contribution in [3.8, 4) is 5.75 Å². The maximum Gasteiger partial charge on any atom is 0.239 e. The summed E-state index contributed by atoms with van der Waals surface area (Å²) in [6.45, 7) is 1.88. The molecule has 0 spiro atoms.